The van der Waals surface area contributed by atoms with Gasteiger partial charge in [-0.1, -0.05) is 18.2 Å². The first kappa shape index (κ1) is 22.0. The van der Waals surface area contributed by atoms with Crippen molar-refractivity contribution in [3.05, 3.63) is 52.9 Å². The average Bonchev–Trinajstić information content (AvgIpc) is 3.42. The number of thioether (sulfide) groups is 1. The Morgan fingerprint density at radius 1 is 1.27 bits per heavy atom. The fourth-order valence-electron chi connectivity index (χ4n) is 5.26. The van der Waals surface area contributed by atoms with Crippen LogP contribution in [-0.4, -0.2) is 73.0 Å². The third-order valence-corrected chi connectivity index (χ3v) is 7.69. The Bertz CT molecular complexity index is 1090. The summed E-state index contributed by atoms with van der Waals surface area (Å²) in [5.41, 5.74) is 5.08. The van der Waals surface area contributed by atoms with E-state index in [4.69, 9.17) is 19.9 Å². The number of allylic oxidation sites excluding steroid dienone is 2. The van der Waals surface area contributed by atoms with Crippen molar-refractivity contribution in [1.29, 1.82) is 0 Å². The number of hydrogen-bond acceptors (Lipinski definition) is 9. The lowest BCUT2D eigenvalue weighted by atomic mass is 9.83. The van der Waals surface area contributed by atoms with E-state index in [-0.39, 0.29) is 53.8 Å². The lowest BCUT2D eigenvalue weighted by Crippen LogP contribution is -2.55. The summed E-state index contributed by atoms with van der Waals surface area (Å²) in [4.78, 5) is 41.4. The third-order valence-electron chi connectivity index (χ3n) is 6.71. The summed E-state index contributed by atoms with van der Waals surface area (Å²) in [6.45, 7) is 2.24. The van der Waals surface area contributed by atoms with Gasteiger partial charge in [0, 0.05) is 41.5 Å². The van der Waals surface area contributed by atoms with Gasteiger partial charge in [0.25, 0.3) is 0 Å². The molecule has 33 heavy (non-hydrogen) atoms. The number of primary amides is 1. The molecule has 4 aliphatic rings. The summed E-state index contributed by atoms with van der Waals surface area (Å²) < 4.78 is 16.9. The summed E-state index contributed by atoms with van der Waals surface area (Å²) in [5.74, 6) is -0.641. The van der Waals surface area contributed by atoms with Crippen LogP contribution in [0.25, 0.3) is 0 Å². The Labute approximate surface area is 195 Å². The molecule has 9 nitrogen and oxygen atoms in total. The fraction of sp³-hybridized carbons (Fsp3) is 0.435. The highest BCUT2D eigenvalue weighted by atomic mass is 32.2. The molecule has 3 aliphatic heterocycles. The summed E-state index contributed by atoms with van der Waals surface area (Å²) in [6.07, 6.45) is -0.948. The number of nitrogens with two attached hydrogens (primary N) is 1. The topological polar surface area (TPSA) is 130 Å². The number of ketones is 2. The molecular weight excluding hydrogens is 446 g/mol. The number of amides is 1. The van der Waals surface area contributed by atoms with Gasteiger partial charge in [0.05, 0.1) is 24.3 Å². The van der Waals surface area contributed by atoms with Crippen LogP contribution in [0.15, 0.2) is 57.8 Å². The molecule has 0 saturated carbocycles. The molecule has 1 aromatic rings. The molecule has 1 amide bonds. The van der Waals surface area contributed by atoms with Crippen molar-refractivity contribution >= 4 is 29.4 Å². The van der Waals surface area contributed by atoms with Gasteiger partial charge in [-0.25, -0.2) is 4.79 Å². The maximum Gasteiger partial charge on any atom is 0.404 e. The normalized spacial score (nSPS) is 29.8. The van der Waals surface area contributed by atoms with Gasteiger partial charge in [-0.15, -0.1) is 11.8 Å². The number of piperazine rings is 1. The summed E-state index contributed by atoms with van der Waals surface area (Å²) in [7, 11) is 1.54. The minimum absolute atomic E-state index is 0.0456. The summed E-state index contributed by atoms with van der Waals surface area (Å²) in [5, 5.41) is 3.33. The fourth-order valence-corrected chi connectivity index (χ4v) is 6.01. The number of nitrogens with zero attached hydrogens (tertiary/aromatic N) is 1. The van der Waals surface area contributed by atoms with Crippen LogP contribution < -0.4 is 11.1 Å². The number of rotatable bonds is 8. The van der Waals surface area contributed by atoms with E-state index in [9.17, 15) is 14.4 Å². The molecule has 3 heterocycles. The van der Waals surface area contributed by atoms with Crippen molar-refractivity contribution in [2.75, 3.05) is 32.6 Å². The van der Waals surface area contributed by atoms with Crippen LogP contribution in [-0.2, 0) is 23.8 Å². The predicted molar refractivity (Wildman–Crippen MR) is 119 cm³/mol. The molecule has 4 unspecified atom stereocenters. The second kappa shape index (κ2) is 8.19. The standard InChI is InChI=1S/C23H25N3O6S/c1-12-18(27)17-16(19(28)20(12)31-8-9-33-13-6-4-3-5-7-13)14(11-32-22(24)29)23(30-2)21-15(25-21)10-26(17)23/h3-7,14-15,21,25H,8-11H2,1-2H3,(H2,24,29). The van der Waals surface area contributed by atoms with Crippen LogP contribution in [0.1, 0.15) is 6.92 Å². The second-order valence-electron chi connectivity index (χ2n) is 8.38. The molecule has 2 saturated heterocycles. The highest BCUT2D eigenvalue weighted by Crippen LogP contribution is 2.55. The van der Waals surface area contributed by atoms with E-state index >= 15 is 0 Å². The lowest BCUT2D eigenvalue weighted by molar-refractivity contribution is -0.137. The predicted octanol–water partition coefficient (Wildman–Crippen LogP) is 1.20. The van der Waals surface area contributed by atoms with Crippen LogP contribution in [0, 0.1) is 5.92 Å². The van der Waals surface area contributed by atoms with Gasteiger partial charge in [-0.3, -0.25) is 9.59 Å². The first-order valence-electron chi connectivity index (χ1n) is 10.8. The Morgan fingerprint density at radius 3 is 2.73 bits per heavy atom. The molecule has 0 radical (unpaired) electrons. The van der Waals surface area contributed by atoms with Crippen LogP contribution in [0.4, 0.5) is 4.79 Å². The SMILES string of the molecule is COC12C(COC(N)=O)C3=C(C(=O)C(C)=C(OCCSc4ccccc4)C3=O)N1CC1NC12. The Morgan fingerprint density at radius 2 is 2.03 bits per heavy atom. The van der Waals surface area contributed by atoms with Crippen molar-refractivity contribution in [1.82, 2.24) is 10.2 Å². The number of ether oxygens (including phenoxy) is 3. The van der Waals surface area contributed by atoms with Crippen LogP contribution in [0.5, 0.6) is 0 Å². The number of Topliss-reactive ketones (excluding diaryl/α,β-unsaturated/α-hetero) is 2. The number of carbonyl (C=O) groups excluding carboxylic acids is 3. The first-order valence-corrected chi connectivity index (χ1v) is 11.7. The van der Waals surface area contributed by atoms with E-state index in [0.29, 0.717) is 18.0 Å². The van der Waals surface area contributed by atoms with Crippen LogP contribution in [0.2, 0.25) is 0 Å². The Hall–Kier alpha value is -2.82. The number of hydrogen-bond donors (Lipinski definition) is 2. The minimum atomic E-state index is -0.991. The zero-order valence-electron chi connectivity index (χ0n) is 18.3. The smallest absolute Gasteiger partial charge is 0.404 e. The van der Waals surface area contributed by atoms with Crippen LogP contribution in [0.3, 0.4) is 0 Å². The van der Waals surface area contributed by atoms with E-state index in [2.05, 4.69) is 5.32 Å². The molecule has 0 aromatic heterocycles. The Kier molecular flexibility index (Phi) is 5.46. The summed E-state index contributed by atoms with van der Waals surface area (Å²) >= 11 is 1.60. The lowest BCUT2D eigenvalue weighted by Gasteiger charge is -2.39. The molecule has 10 heteroatoms. The zero-order chi connectivity index (χ0) is 23.3. The van der Waals surface area contributed by atoms with Crippen molar-refractivity contribution in [2.24, 2.45) is 11.7 Å². The largest absolute Gasteiger partial charge is 0.488 e. The van der Waals surface area contributed by atoms with Gasteiger partial charge in [-0.2, -0.15) is 0 Å². The van der Waals surface area contributed by atoms with E-state index in [1.54, 1.807) is 25.8 Å². The average molecular weight is 472 g/mol. The van der Waals surface area contributed by atoms with Crippen LogP contribution >= 0.6 is 11.8 Å². The Balaban J connectivity index is 1.39. The summed E-state index contributed by atoms with van der Waals surface area (Å²) in [6, 6.07) is 9.93. The van der Waals surface area contributed by atoms with E-state index < -0.39 is 17.7 Å². The van der Waals surface area contributed by atoms with Gasteiger partial charge >= 0.3 is 6.09 Å². The number of nitrogens with one attached hydrogen (secondary N) is 1. The number of carbonyl (C=O) groups is 3. The number of fused-ring (bicyclic) bond motifs is 4. The molecule has 0 bridgehead atoms. The molecule has 0 spiro atoms. The van der Waals surface area contributed by atoms with Crippen molar-refractivity contribution < 1.29 is 28.6 Å². The van der Waals surface area contributed by atoms with Gasteiger partial charge in [-0.05, 0) is 19.1 Å². The number of methoxy groups -OCH3 is 1. The van der Waals surface area contributed by atoms with Crippen molar-refractivity contribution in [2.45, 2.75) is 29.6 Å². The maximum atomic E-state index is 13.6. The van der Waals surface area contributed by atoms with Gasteiger partial charge in [0.1, 0.15) is 6.61 Å². The van der Waals surface area contributed by atoms with Crippen molar-refractivity contribution in [3.63, 3.8) is 0 Å². The first-order chi connectivity index (χ1) is 15.9. The molecule has 174 valence electrons. The molecule has 1 aliphatic carbocycles. The maximum absolute atomic E-state index is 13.6. The zero-order valence-corrected chi connectivity index (χ0v) is 19.1. The van der Waals surface area contributed by atoms with E-state index in [1.807, 2.05) is 35.2 Å². The van der Waals surface area contributed by atoms with Gasteiger partial charge in [0.15, 0.2) is 11.5 Å². The number of benzene rings is 1. The van der Waals surface area contributed by atoms with Crippen molar-refractivity contribution in [3.8, 4) is 0 Å². The second-order valence-corrected chi connectivity index (χ2v) is 9.55. The van der Waals surface area contributed by atoms with E-state index in [1.165, 1.54) is 0 Å². The van der Waals surface area contributed by atoms with Gasteiger partial charge in [0.2, 0.25) is 11.6 Å². The molecule has 5 rings (SSSR count). The molecule has 2 fully saturated rings. The molecule has 4 atom stereocenters. The minimum Gasteiger partial charge on any atom is -0.488 e. The highest BCUT2D eigenvalue weighted by molar-refractivity contribution is 7.99. The monoisotopic (exact) mass is 471 g/mol. The molecule has 3 N–H and O–H groups in total. The molecule has 1 aromatic carbocycles. The molecular formula is C23H25N3O6S. The van der Waals surface area contributed by atoms with E-state index in [0.717, 1.165) is 4.90 Å². The quantitative estimate of drug-likeness (QED) is 0.249. The van der Waals surface area contributed by atoms with Gasteiger partial charge < -0.3 is 30.2 Å². The third kappa shape index (κ3) is 3.35. The highest BCUT2D eigenvalue weighted by Gasteiger charge is 2.72.